The first-order valence-corrected chi connectivity index (χ1v) is 10.8. The van der Waals surface area contributed by atoms with Gasteiger partial charge in [-0.2, -0.15) is 0 Å². The maximum absolute atomic E-state index is 13.8. The number of rotatable bonds is 6. The number of hydrogen-bond acceptors (Lipinski definition) is 5. The van der Waals surface area contributed by atoms with Gasteiger partial charge in [0, 0.05) is 23.9 Å². The zero-order valence-corrected chi connectivity index (χ0v) is 18.3. The maximum atomic E-state index is 13.8. The number of carbonyl (C=O) groups is 1. The van der Waals surface area contributed by atoms with Gasteiger partial charge in [0.1, 0.15) is 23.9 Å². The molecule has 0 saturated heterocycles. The number of hydrogen-bond donors (Lipinski definition) is 2. The number of aromatic nitrogens is 3. The number of fused-ring (bicyclic) bond motifs is 1. The van der Waals surface area contributed by atoms with Gasteiger partial charge in [0.2, 0.25) is 5.91 Å². The average Bonchev–Trinajstić information content (AvgIpc) is 3.66. The van der Waals surface area contributed by atoms with Crippen LogP contribution in [0, 0.1) is 18.7 Å². The lowest BCUT2D eigenvalue weighted by molar-refractivity contribution is -0.117. The summed E-state index contributed by atoms with van der Waals surface area (Å²) in [5.74, 6) is -0.151. The van der Waals surface area contributed by atoms with E-state index in [4.69, 9.17) is 4.74 Å². The number of aromatic amines is 1. The molecular formula is C25H21FN4O4. The Morgan fingerprint density at radius 2 is 2.03 bits per heavy atom. The Morgan fingerprint density at radius 1 is 1.21 bits per heavy atom. The van der Waals surface area contributed by atoms with Gasteiger partial charge in [-0.25, -0.2) is 13.8 Å². The highest BCUT2D eigenvalue weighted by molar-refractivity contribution is 5.95. The summed E-state index contributed by atoms with van der Waals surface area (Å²) in [6, 6.07) is 12.5. The minimum absolute atomic E-state index is 0.0365. The molecule has 1 aliphatic carbocycles. The molecule has 34 heavy (non-hydrogen) atoms. The Morgan fingerprint density at radius 3 is 2.79 bits per heavy atom. The van der Waals surface area contributed by atoms with E-state index in [0.29, 0.717) is 33.6 Å². The molecular weight excluding hydrogens is 439 g/mol. The monoisotopic (exact) mass is 460 g/mol. The molecule has 2 N–H and O–H groups in total. The van der Waals surface area contributed by atoms with Crippen molar-refractivity contribution in [3.8, 4) is 11.4 Å². The quantitative estimate of drug-likeness (QED) is 0.459. The zero-order valence-electron chi connectivity index (χ0n) is 18.3. The lowest BCUT2D eigenvalue weighted by Crippen LogP contribution is -2.34. The zero-order chi connectivity index (χ0) is 23.8. The van der Waals surface area contributed by atoms with E-state index < -0.39 is 17.1 Å². The van der Waals surface area contributed by atoms with E-state index in [-0.39, 0.29) is 24.1 Å². The van der Waals surface area contributed by atoms with Crippen molar-refractivity contribution in [3.05, 3.63) is 92.6 Å². The minimum atomic E-state index is -0.626. The van der Waals surface area contributed by atoms with Crippen molar-refractivity contribution in [2.24, 2.45) is 5.92 Å². The lowest BCUT2D eigenvalue weighted by atomic mass is 10.1. The fraction of sp³-hybridized carbons (Fsp3) is 0.200. The second kappa shape index (κ2) is 8.58. The van der Waals surface area contributed by atoms with E-state index in [1.54, 1.807) is 43.3 Å². The van der Waals surface area contributed by atoms with E-state index in [1.165, 1.54) is 18.3 Å². The largest absolute Gasteiger partial charge is 0.487 e. The van der Waals surface area contributed by atoms with Crippen LogP contribution < -0.4 is 21.3 Å². The molecule has 0 unspecified atom stereocenters. The first-order valence-electron chi connectivity index (χ1n) is 10.8. The third-order valence-corrected chi connectivity index (χ3v) is 5.75. The molecule has 1 amide bonds. The lowest BCUT2D eigenvalue weighted by Gasteiger charge is -2.13. The maximum Gasteiger partial charge on any atom is 0.333 e. The van der Waals surface area contributed by atoms with Crippen LogP contribution in [0.5, 0.6) is 5.75 Å². The second-order valence-corrected chi connectivity index (χ2v) is 8.26. The number of benzene rings is 2. The van der Waals surface area contributed by atoms with E-state index in [2.05, 4.69) is 15.3 Å². The molecule has 2 aromatic heterocycles. The number of carbonyl (C=O) groups excluding carboxylic acids is 1. The molecule has 2 heterocycles. The fourth-order valence-electron chi connectivity index (χ4n) is 3.70. The molecule has 5 rings (SSSR count). The fourth-order valence-corrected chi connectivity index (χ4v) is 3.70. The van der Waals surface area contributed by atoms with Gasteiger partial charge in [-0.3, -0.25) is 14.6 Å². The summed E-state index contributed by atoms with van der Waals surface area (Å²) in [4.78, 5) is 44.9. The van der Waals surface area contributed by atoms with Crippen LogP contribution in [0.15, 0.2) is 64.3 Å². The van der Waals surface area contributed by atoms with Crippen LogP contribution in [-0.4, -0.2) is 20.4 Å². The Hall–Kier alpha value is -4.27. The van der Waals surface area contributed by atoms with E-state index in [0.717, 1.165) is 17.4 Å². The van der Waals surface area contributed by atoms with Crippen LogP contribution in [0.2, 0.25) is 0 Å². The standard InChI is InChI=1S/C25H21FN4O4/c1-14-4-8-17(34-13-21-19(26)3-2-10-27-21)12-22(14)30-24(32)18-9-7-16(11-20(18)29-25(30)33)28-23(31)15-5-6-15/h2-4,7-12,15H,5-6,13H2,1H3,(H,28,31)(H,29,33). The third kappa shape index (κ3) is 4.19. The first-order chi connectivity index (χ1) is 16.4. The van der Waals surface area contributed by atoms with Crippen molar-refractivity contribution in [2.75, 3.05) is 5.32 Å². The molecule has 9 heteroatoms. The summed E-state index contributed by atoms with van der Waals surface area (Å²) in [5, 5.41) is 3.11. The molecule has 1 aliphatic rings. The molecule has 0 aliphatic heterocycles. The van der Waals surface area contributed by atoms with Crippen molar-refractivity contribution in [3.63, 3.8) is 0 Å². The van der Waals surface area contributed by atoms with Crippen molar-refractivity contribution in [1.82, 2.24) is 14.5 Å². The van der Waals surface area contributed by atoms with Gasteiger partial charge in [0.25, 0.3) is 5.56 Å². The van der Waals surface area contributed by atoms with Crippen LogP contribution in [0.25, 0.3) is 16.6 Å². The van der Waals surface area contributed by atoms with Gasteiger partial charge in [-0.15, -0.1) is 0 Å². The van der Waals surface area contributed by atoms with Crippen molar-refractivity contribution in [2.45, 2.75) is 26.4 Å². The number of anilines is 1. The number of halogens is 1. The average molecular weight is 460 g/mol. The first kappa shape index (κ1) is 21.6. The molecule has 0 atom stereocenters. The van der Waals surface area contributed by atoms with Gasteiger partial charge in [0.05, 0.1) is 16.6 Å². The van der Waals surface area contributed by atoms with E-state index in [9.17, 15) is 18.8 Å². The Balaban J connectivity index is 1.48. The summed E-state index contributed by atoms with van der Waals surface area (Å²) in [7, 11) is 0. The molecule has 1 fully saturated rings. The molecule has 8 nitrogen and oxygen atoms in total. The van der Waals surface area contributed by atoms with Gasteiger partial charge in [0.15, 0.2) is 0 Å². The highest BCUT2D eigenvalue weighted by Crippen LogP contribution is 2.30. The van der Waals surface area contributed by atoms with Gasteiger partial charge >= 0.3 is 5.69 Å². The minimum Gasteiger partial charge on any atom is -0.487 e. The van der Waals surface area contributed by atoms with Gasteiger partial charge < -0.3 is 15.0 Å². The summed E-state index contributed by atoms with van der Waals surface area (Å²) in [6.45, 7) is 1.66. The number of pyridine rings is 1. The smallest absolute Gasteiger partial charge is 0.333 e. The number of aryl methyl sites for hydroxylation is 1. The van der Waals surface area contributed by atoms with Crippen molar-refractivity contribution in [1.29, 1.82) is 0 Å². The topological polar surface area (TPSA) is 106 Å². The Labute approximate surface area is 193 Å². The summed E-state index contributed by atoms with van der Waals surface area (Å²) < 4.78 is 20.5. The number of ether oxygens (including phenoxy) is 1. The third-order valence-electron chi connectivity index (χ3n) is 5.75. The molecule has 172 valence electrons. The molecule has 1 saturated carbocycles. The normalized spacial score (nSPS) is 13.1. The Bertz CT molecular complexity index is 1540. The highest BCUT2D eigenvalue weighted by Gasteiger charge is 2.29. The van der Waals surface area contributed by atoms with E-state index in [1.807, 2.05) is 0 Å². The number of H-pyrrole nitrogens is 1. The van der Waals surface area contributed by atoms with Gasteiger partial charge in [-0.1, -0.05) is 6.07 Å². The molecule has 0 bridgehead atoms. The second-order valence-electron chi connectivity index (χ2n) is 8.26. The summed E-state index contributed by atoms with van der Waals surface area (Å²) in [5.41, 5.74) is 0.889. The summed E-state index contributed by atoms with van der Waals surface area (Å²) >= 11 is 0. The van der Waals surface area contributed by atoms with Crippen LogP contribution >= 0.6 is 0 Å². The van der Waals surface area contributed by atoms with Crippen molar-refractivity contribution >= 4 is 22.5 Å². The van der Waals surface area contributed by atoms with E-state index >= 15 is 0 Å². The number of nitrogens with zero attached hydrogens (tertiary/aromatic N) is 2. The Kier molecular flexibility index (Phi) is 5.45. The molecule has 4 aromatic rings. The van der Waals surface area contributed by atoms with Gasteiger partial charge in [-0.05, 0) is 61.7 Å². The van der Waals surface area contributed by atoms with Crippen molar-refractivity contribution < 1.29 is 13.9 Å². The molecule has 0 radical (unpaired) electrons. The SMILES string of the molecule is Cc1ccc(OCc2ncccc2F)cc1-n1c(=O)[nH]c2cc(NC(=O)C3CC3)ccc2c1=O. The predicted octanol–water partition coefficient (Wildman–Crippen LogP) is 3.45. The van der Waals surface area contributed by atoms with Crippen LogP contribution in [0.3, 0.4) is 0 Å². The predicted molar refractivity (Wildman–Crippen MR) is 125 cm³/mol. The molecule has 2 aromatic carbocycles. The highest BCUT2D eigenvalue weighted by atomic mass is 19.1. The number of nitrogens with one attached hydrogen (secondary N) is 2. The van der Waals surface area contributed by atoms with Crippen LogP contribution in [0.4, 0.5) is 10.1 Å². The van der Waals surface area contributed by atoms with Crippen LogP contribution in [0.1, 0.15) is 24.1 Å². The molecule has 0 spiro atoms. The van der Waals surface area contributed by atoms with Crippen LogP contribution in [-0.2, 0) is 11.4 Å². The number of amides is 1. The summed E-state index contributed by atoms with van der Waals surface area (Å²) in [6.07, 6.45) is 3.22.